The van der Waals surface area contributed by atoms with Crippen LogP contribution in [0.3, 0.4) is 0 Å². The smallest absolute Gasteiger partial charge is 0.233 e. The average molecular weight is 310 g/mol. The van der Waals surface area contributed by atoms with Gasteiger partial charge in [0, 0.05) is 0 Å². The summed E-state index contributed by atoms with van der Waals surface area (Å²) in [6.07, 6.45) is -0.787. The van der Waals surface area contributed by atoms with Crippen LogP contribution in [0.25, 0.3) is 0 Å². The van der Waals surface area contributed by atoms with Gasteiger partial charge in [0.15, 0.2) is 0 Å². The van der Waals surface area contributed by atoms with Crippen LogP contribution in [-0.4, -0.2) is 0 Å². The third-order valence-corrected chi connectivity index (χ3v) is 4.60. The summed E-state index contributed by atoms with van der Waals surface area (Å²) < 4.78 is 18.5. The van der Waals surface area contributed by atoms with Crippen LogP contribution in [-0.2, 0) is 4.74 Å². The van der Waals surface area contributed by atoms with Crippen molar-refractivity contribution in [3.8, 4) is 11.5 Å². The molecule has 2 aromatic carbocycles. The Balaban J connectivity index is 1.84. The highest BCUT2D eigenvalue weighted by molar-refractivity contribution is 5.51. The Kier molecular flexibility index (Phi) is 3.34. The standard InChI is InChI=1S/C20H22O3/c1-11(2)13-7-5-9-15-17(13)21-20-16-10-6-8-14(12(3)4)18(16)22-19(15)23-20/h5-12,19-20H,1-4H3. The van der Waals surface area contributed by atoms with Gasteiger partial charge in [-0.3, -0.25) is 4.74 Å². The molecule has 0 aliphatic carbocycles. The highest BCUT2D eigenvalue weighted by atomic mass is 16.8. The van der Waals surface area contributed by atoms with Crippen molar-refractivity contribution < 1.29 is 14.2 Å². The van der Waals surface area contributed by atoms with Crippen LogP contribution in [0.15, 0.2) is 36.4 Å². The summed E-state index contributed by atoms with van der Waals surface area (Å²) in [7, 11) is 0. The predicted octanol–water partition coefficient (Wildman–Crippen LogP) is 5.43. The van der Waals surface area contributed by atoms with E-state index in [2.05, 4.69) is 52.0 Å². The molecule has 2 aromatic rings. The summed E-state index contributed by atoms with van der Waals surface area (Å²) in [5.41, 5.74) is 4.37. The molecule has 2 atom stereocenters. The zero-order chi connectivity index (χ0) is 16.1. The van der Waals surface area contributed by atoms with Crippen molar-refractivity contribution in [2.75, 3.05) is 0 Å². The van der Waals surface area contributed by atoms with Crippen LogP contribution in [0, 0.1) is 0 Å². The first-order valence-corrected chi connectivity index (χ1v) is 8.30. The van der Waals surface area contributed by atoms with Gasteiger partial charge in [0.05, 0.1) is 11.1 Å². The molecule has 0 spiro atoms. The van der Waals surface area contributed by atoms with Gasteiger partial charge in [0.25, 0.3) is 0 Å². The molecule has 0 radical (unpaired) electrons. The SMILES string of the molecule is CC(C)c1cccc2c1OC1OC2Oc2c(C(C)C)cccc21. The molecule has 3 nitrogen and oxygen atoms in total. The molecule has 0 fully saturated rings. The number of rotatable bonds is 2. The number of benzene rings is 2. The van der Waals surface area contributed by atoms with E-state index >= 15 is 0 Å². The van der Waals surface area contributed by atoms with Crippen molar-refractivity contribution in [1.82, 2.24) is 0 Å². The van der Waals surface area contributed by atoms with Gasteiger partial charge in [-0.1, -0.05) is 52.0 Å². The quantitative estimate of drug-likeness (QED) is 0.740. The maximum atomic E-state index is 6.25. The maximum absolute atomic E-state index is 6.25. The molecule has 3 heteroatoms. The van der Waals surface area contributed by atoms with Crippen molar-refractivity contribution >= 4 is 0 Å². The Morgan fingerprint density at radius 1 is 0.696 bits per heavy atom. The molecule has 2 aliphatic heterocycles. The lowest BCUT2D eigenvalue weighted by molar-refractivity contribution is -0.228. The van der Waals surface area contributed by atoms with E-state index in [-0.39, 0.29) is 0 Å². The molecule has 2 unspecified atom stereocenters. The molecule has 23 heavy (non-hydrogen) atoms. The topological polar surface area (TPSA) is 27.7 Å². The van der Waals surface area contributed by atoms with E-state index in [1.54, 1.807) is 0 Å². The molecule has 0 amide bonds. The Hall–Kier alpha value is -2.00. The molecular weight excluding hydrogens is 288 g/mol. The monoisotopic (exact) mass is 310 g/mol. The highest BCUT2D eigenvalue weighted by Gasteiger charge is 2.39. The summed E-state index contributed by atoms with van der Waals surface area (Å²) in [4.78, 5) is 0. The van der Waals surface area contributed by atoms with E-state index in [1.807, 2.05) is 12.1 Å². The first kappa shape index (κ1) is 14.6. The Morgan fingerprint density at radius 3 is 1.52 bits per heavy atom. The largest absolute Gasteiger partial charge is 0.459 e. The second-order valence-electron chi connectivity index (χ2n) is 6.88. The second-order valence-corrected chi connectivity index (χ2v) is 6.88. The number of ether oxygens (including phenoxy) is 3. The minimum absolute atomic E-state index is 0.394. The van der Waals surface area contributed by atoms with Gasteiger partial charge >= 0.3 is 0 Å². The van der Waals surface area contributed by atoms with E-state index in [0.717, 1.165) is 22.6 Å². The average Bonchev–Trinajstić information content (AvgIpc) is 2.53. The summed E-state index contributed by atoms with van der Waals surface area (Å²) in [5, 5.41) is 0. The number of fused-ring (bicyclic) bond motifs is 6. The van der Waals surface area contributed by atoms with Gasteiger partial charge in [0.2, 0.25) is 12.6 Å². The number of para-hydroxylation sites is 2. The number of hydrogen-bond donors (Lipinski definition) is 0. The summed E-state index contributed by atoms with van der Waals surface area (Å²) in [6, 6.07) is 12.4. The van der Waals surface area contributed by atoms with Crippen molar-refractivity contribution in [3.05, 3.63) is 58.7 Å². The first-order valence-electron chi connectivity index (χ1n) is 8.30. The van der Waals surface area contributed by atoms with E-state index < -0.39 is 12.6 Å². The fourth-order valence-electron chi connectivity index (χ4n) is 3.36. The minimum Gasteiger partial charge on any atom is -0.459 e. The first-order chi connectivity index (χ1) is 11.1. The third kappa shape index (κ3) is 2.22. The number of hydrogen-bond acceptors (Lipinski definition) is 3. The fourth-order valence-corrected chi connectivity index (χ4v) is 3.36. The lowest BCUT2D eigenvalue weighted by Crippen LogP contribution is -2.31. The summed E-state index contributed by atoms with van der Waals surface area (Å²) in [6.45, 7) is 8.71. The fraction of sp³-hybridized carbons (Fsp3) is 0.400. The van der Waals surface area contributed by atoms with Crippen LogP contribution in [0.2, 0.25) is 0 Å². The van der Waals surface area contributed by atoms with E-state index in [1.165, 1.54) is 11.1 Å². The van der Waals surface area contributed by atoms with E-state index in [9.17, 15) is 0 Å². The Bertz CT molecular complexity index is 685. The van der Waals surface area contributed by atoms with Crippen molar-refractivity contribution in [2.24, 2.45) is 0 Å². The van der Waals surface area contributed by atoms with Gasteiger partial charge in [-0.05, 0) is 35.1 Å². The van der Waals surface area contributed by atoms with Crippen LogP contribution in [0.5, 0.6) is 11.5 Å². The highest BCUT2D eigenvalue weighted by Crippen LogP contribution is 2.51. The Labute approximate surface area is 137 Å². The van der Waals surface area contributed by atoms with Gasteiger partial charge in [-0.2, -0.15) is 0 Å². The molecule has 0 saturated carbocycles. The van der Waals surface area contributed by atoms with Gasteiger partial charge < -0.3 is 9.47 Å². The molecule has 2 bridgehead atoms. The van der Waals surface area contributed by atoms with E-state index in [4.69, 9.17) is 14.2 Å². The summed E-state index contributed by atoms with van der Waals surface area (Å²) in [5.74, 6) is 2.63. The lowest BCUT2D eigenvalue weighted by Gasteiger charge is -2.39. The van der Waals surface area contributed by atoms with Crippen molar-refractivity contribution in [3.63, 3.8) is 0 Å². The van der Waals surface area contributed by atoms with Gasteiger partial charge in [-0.25, -0.2) is 0 Å². The molecule has 0 saturated heterocycles. The van der Waals surface area contributed by atoms with E-state index in [0.29, 0.717) is 11.8 Å². The normalized spacial score (nSPS) is 21.5. The zero-order valence-electron chi connectivity index (χ0n) is 14.0. The summed E-state index contributed by atoms with van der Waals surface area (Å²) >= 11 is 0. The van der Waals surface area contributed by atoms with Crippen LogP contribution in [0.4, 0.5) is 0 Å². The second kappa shape index (κ2) is 5.27. The van der Waals surface area contributed by atoms with Crippen LogP contribution in [0.1, 0.15) is 74.4 Å². The minimum atomic E-state index is -0.394. The molecule has 2 aliphatic rings. The zero-order valence-corrected chi connectivity index (χ0v) is 14.0. The van der Waals surface area contributed by atoms with Gasteiger partial charge in [0.1, 0.15) is 11.5 Å². The lowest BCUT2D eigenvalue weighted by atomic mass is 9.95. The van der Waals surface area contributed by atoms with Crippen molar-refractivity contribution in [1.29, 1.82) is 0 Å². The molecule has 120 valence electrons. The van der Waals surface area contributed by atoms with Gasteiger partial charge in [-0.15, -0.1) is 0 Å². The maximum Gasteiger partial charge on any atom is 0.233 e. The van der Waals surface area contributed by atoms with Crippen LogP contribution < -0.4 is 9.47 Å². The molecule has 2 heterocycles. The van der Waals surface area contributed by atoms with Crippen molar-refractivity contribution in [2.45, 2.75) is 52.1 Å². The van der Waals surface area contributed by atoms with Crippen LogP contribution >= 0.6 is 0 Å². The molecule has 0 aromatic heterocycles. The predicted molar refractivity (Wildman–Crippen MR) is 88.9 cm³/mol. The molecule has 4 rings (SSSR count). The molecule has 0 N–H and O–H groups in total. The Morgan fingerprint density at radius 2 is 1.13 bits per heavy atom. The molecular formula is C20H22O3. The third-order valence-electron chi connectivity index (χ3n) is 4.60.